The third-order valence-corrected chi connectivity index (χ3v) is 5.29. The highest BCUT2D eigenvalue weighted by Gasteiger charge is 2.18. The molecule has 1 atom stereocenters. The average molecular weight is 301 g/mol. The Balaban J connectivity index is 3.80. The number of thioether (sulfide) groups is 1. The fraction of sp³-hybridized carbons (Fsp3) is 1.00. The third kappa shape index (κ3) is 14.8. The van der Waals surface area contributed by atoms with Gasteiger partial charge in [-0.3, -0.25) is 0 Å². The summed E-state index contributed by atoms with van der Waals surface area (Å²) in [6, 6.07) is 0. The molecule has 1 heteroatoms. The van der Waals surface area contributed by atoms with Crippen molar-refractivity contribution in [2.75, 3.05) is 0 Å². The summed E-state index contributed by atoms with van der Waals surface area (Å²) in [4.78, 5) is 0. The first-order valence-electron chi connectivity index (χ1n) is 9.17. The minimum absolute atomic E-state index is 0.428. The quantitative estimate of drug-likeness (QED) is 0.315. The Kier molecular flexibility index (Phi) is 13.3. The van der Waals surface area contributed by atoms with E-state index < -0.39 is 0 Å². The van der Waals surface area contributed by atoms with Gasteiger partial charge in [0, 0.05) is 10.00 Å². The minimum atomic E-state index is 0.428. The topological polar surface area (TPSA) is 0 Å². The molecule has 0 fully saturated rings. The Hall–Kier alpha value is 0.350. The van der Waals surface area contributed by atoms with Crippen LogP contribution in [-0.2, 0) is 0 Å². The first-order valence-corrected chi connectivity index (χ1v) is 10.1. The number of rotatable bonds is 13. The van der Waals surface area contributed by atoms with Crippen molar-refractivity contribution < 1.29 is 0 Å². The van der Waals surface area contributed by atoms with Crippen LogP contribution >= 0.6 is 11.8 Å². The van der Waals surface area contributed by atoms with Gasteiger partial charge in [-0.1, -0.05) is 98.8 Å². The molecule has 0 rings (SSSR count). The molecule has 0 amide bonds. The van der Waals surface area contributed by atoms with Crippen LogP contribution in [0.5, 0.6) is 0 Å². The van der Waals surface area contributed by atoms with E-state index in [4.69, 9.17) is 0 Å². The Morgan fingerprint density at radius 2 is 1.05 bits per heavy atom. The van der Waals surface area contributed by atoms with Crippen LogP contribution in [0.25, 0.3) is 0 Å². The minimum Gasteiger partial charge on any atom is -0.153 e. The van der Waals surface area contributed by atoms with Crippen LogP contribution in [0.1, 0.15) is 112 Å². The maximum atomic E-state index is 2.37. The lowest BCUT2D eigenvalue weighted by Crippen LogP contribution is -2.16. The summed E-state index contributed by atoms with van der Waals surface area (Å²) in [5, 5.41) is 0.901. The standard InChI is InChI=1S/C19H40S/c1-6-8-10-12-13-15-17-18(20-19(3,4)5)16-14-11-9-7-2/h18H,6-17H2,1-5H3. The maximum absolute atomic E-state index is 2.37. The SMILES string of the molecule is CCCCCCCCC(CCCCCC)SC(C)(C)C. The molecule has 0 aliphatic carbocycles. The summed E-state index contributed by atoms with van der Waals surface area (Å²) in [7, 11) is 0. The van der Waals surface area contributed by atoms with E-state index in [9.17, 15) is 0 Å². The molecule has 0 aromatic heterocycles. The van der Waals surface area contributed by atoms with E-state index in [2.05, 4.69) is 46.4 Å². The van der Waals surface area contributed by atoms with Gasteiger partial charge in [-0.15, -0.1) is 0 Å². The molecule has 0 radical (unpaired) electrons. The lowest BCUT2D eigenvalue weighted by Gasteiger charge is -2.26. The highest BCUT2D eigenvalue weighted by atomic mass is 32.2. The monoisotopic (exact) mass is 300 g/mol. The van der Waals surface area contributed by atoms with Crippen molar-refractivity contribution in [3.63, 3.8) is 0 Å². The molecule has 122 valence electrons. The Morgan fingerprint density at radius 3 is 1.50 bits per heavy atom. The Bertz CT molecular complexity index is 192. The van der Waals surface area contributed by atoms with Crippen LogP contribution in [0.4, 0.5) is 0 Å². The lowest BCUT2D eigenvalue weighted by atomic mass is 10.0. The summed E-state index contributed by atoms with van der Waals surface area (Å²) >= 11 is 2.23. The van der Waals surface area contributed by atoms with Crippen molar-refractivity contribution in [2.24, 2.45) is 0 Å². The van der Waals surface area contributed by atoms with Crippen LogP contribution < -0.4 is 0 Å². The number of unbranched alkanes of at least 4 members (excludes halogenated alkanes) is 8. The smallest absolute Gasteiger partial charge is 0.00778 e. The number of hydrogen-bond donors (Lipinski definition) is 0. The van der Waals surface area contributed by atoms with Crippen molar-refractivity contribution in [1.29, 1.82) is 0 Å². The summed E-state index contributed by atoms with van der Waals surface area (Å²) in [6.07, 6.45) is 17.1. The zero-order chi connectivity index (χ0) is 15.3. The van der Waals surface area contributed by atoms with Gasteiger partial charge in [0.15, 0.2) is 0 Å². The molecule has 0 nitrogen and oxygen atoms in total. The highest BCUT2D eigenvalue weighted by Crippen LogP contribution is 2.34. The van der Waals surface area contributed by atoms with Gasteiger partial charge in [0.1, 0.15) is 0 Å². The molecule has 0 aliphatic rings. The average Bonchev–Trinajstić information content (AvgIpc) is 2.36. The fourth-order valence-corrected chi connectivity index (χ4v) is 4.28. The predicted octanol–water partition coefficient (Wildman–Crippen LogP) is 7.61. The molecule has 0 aromatic carbocycles. The van der Waals surface area contributed by atoms with Crippen molar-refractivity contribution in [2.45, 2.75) is 122 Å². The van der Waals surface area contributed by atoms with Crippen LogP contribution in [0.2, 0.25) is 0 Å². The molecule has 0 aliphatic heterocycles. The zero-order valence-corrected chi connectivity index (χ0v) is 15.8. The van der Waals surface area contributed by atoms with Crippen molar-refractivity contribution in [1.82, 2.24) is 0 Å². The Morgan fingerprint density at radius 1 is 0.650 bits per heavy atom. The van der Waals surface area contributed by atoms with Crippen molar-refractivity contribution in [3.8, 4) is 0 Å². The van der Waals surface area contributed by atoms with Gasteiger partial charge in [0.25, 0.3) is 0 Å². The largest absolute Gasteiger partial charge is 0.153 e. The second kappa shape index (κ2) is 13.0. The van der Waals surface area contributed by atoms with Gasteiger partial charge in [-0.2, -0.15) is 11.8 Å². The van der Waals surface area contributed by atoms with E-state index in [0.717, 1.165) is 5.25 Å². The molecule has 0 saturated heterocycles. The number of hydrogen-bond acceptors (Lipinski definition) is 1. The van der Waals surface area contributed by atoms with E-state index in [0.29, 0.717) is 4.75 Å². The summed E-state index contributed by atoms with van der Waals surface area (Å²) in [6.45, 7) is 11.7. The molecule has 0 bridgehead atoms. The van der Waals surface area contributed by atoms with Gasteiger partial charge < -0.3 is 0 Å². The van der Waals surface area contributed by atoms with Gasteiger partial charge in [-0.05, 0) is 12.8 Å². The lowest BCUT2D eigenvalue weighted by molar-refractivity contribution is 0.548. The molecule has 0 N–H and O–H groups in total. The van der Waals surface area contributed by atoms with E-state index >= 15 is 0 Å². The van der Waals surface area contributed by atoms with Gasteiger partial charge in [0.2, 0.25) is 0 Å². The molecule has 1 unspecified atom stereocenters. The molecule has 20 heavy (non-hydrogen) atoms. The molecular formula is C19H40S. The van der Waals surface area contributed by atoms with Gasteiger partial charge >= 0.3 is 0 Å². The van der Waals surface area contributed by atoms with Crippen LogP contribution in [-0.4, -0.2) is 10.00 Å². The van der Waals surface area contributed by atoms with E-state index in [1.165, 1.54) is 77.0 Å². The second-order valence-electron chi connectivity index (χ2n) is 7.26. The maximum Gasteiger partial charge on any atom is 0.00778 e. The molecular weight excluding hydrogens is 260 g/mol. The molecule has 0 heterocycles. The highest BCUT2D eigenvalue weighted by molar-refractivity contribution is 8.01. The molecule has 0 saturated carbocycles. The van der Waals surface area contributed by atoms with Crippen molar-refractivity contribution in [3.05, 3.63) is 0 Å². The zero-order valence-electron chi connectivity index (χ0n) is 15.0. The van der Waals surface area contributed by atoms with Crippen LogP contribution in [0, 0.1) is 0 Å². The summed E-state index contributed by atoms with van der Waals surface area (Å²) < 4.78 is 0.428. The first kappa shape index (κ1) is 20.3. The fourth-order valence-electron chi connectivity index (χ4n) is 2.71. The van der Waals surface area contributed by atoms with E-state index in [-0.39, 0.29) is 0 Å². The first-order chi connectivity index (χ1) is 9.49. The molecule has 0 spiro atoms. The Labute approximate surface area is 133 Å². The summed E-state index contributed by atoms with van der Waals surface area (Å²) in [5.41, 5.74) is 0. The predicted molar refractivity (Wildman–Crippen MR) is 97.9 cm³/mol. The summed E-state index contributed by atoms with van der Waals surface area (Å²) in [5.74, 6) is 0. The second-order valence-corrected chi connectivity index (χ2v) is 9.39. The van der Waals surface area contributed by atoms with Crippen molar-refractivity contribution >= 4 is 11.8 Å². The van der Waals surface area contributed by atoms with Crippen LogP contribution in [0.3, 0.4) is 0 Å². The molecule has 0 aromatic rings. The normalized spacial score (nSPS) is 13.7. The van der Waals surface area contributed by atoms with E-state index in [1.807, 2.05) is 0 Å². The van der Waals surface area contributed by atoms with E-state index in [1.54, 1.807) is 0 Å². The van der Waals surface area contributed by atoms with Gasteiger partial charge in [-0.25, -0.2) is 0 Å². The third-order valence-electron chi connectivity index (χ3n) is 3.78. The van der Waals surface area contributed by atoms with Gasteiger partial charge in [0.05, 0.1) is 0 Å². The van der Waals surface area contributed by atoms with Crippen LogP contribution in [0.15, 0.2) is 0 Å².